The molecule has 2 N–H and O–H groups in total. The van der Waals surface area contributed by atoms with Gasteiger partial charge in [0.1, 0.15) is 0 Å². The van der Waals surface area contributed by atoms with Crippen LogP contribution in [-0.2, 0) is 0 Å². The van der Waals surface area contributed by atoms with Crippen LogP contribution < -0.4 is 5.73 Å². The van der Waals surface area contributed by atoms with Gasteiger partial charge in [-0.1, -0.05) is 38.1 Å². The zero-order valence-corrected chi connectivity index (χ0v) is 11.3. The third-order valence-electron chi connectivity index (χ3n) is 4.48. The van der Waals surface area contributed by atoms with Gasteiger partial charge in [-0.2, -0.15) is 0 Å². The first-order valence-electron chi connectivity index (χ1n) is 6.90. The van der Waals surface area contributed by atoms with Crippen LogP contribution in [0.25, 0.3) is 0 Å². The first kappa shape index (κ1) is 12.6. The van der Waals surface area contributed by atoms with Crippen molar-refractivity contribution in [2.24, 2.45) is 17.6 Å². The predicted molar refractivity (Wildman–Crippen MR) is 74.1 cm³/mol. The lowest BCUT2D eigenvalue weighted by molar-refractivity contribution is 0.232. The zero-order valence-electron chi connectivity index (χ0n) is 11.3. The second kappa shape index (κ2) is 5.22. The Balaban J connectivity index is 2.21. The fourth-order valence-corrected chi connectivity index (χ4v) is 3.19. The second-order valence-electron chi connectivity index (χ2n) is 5.94. The summed E-state index contributed by atoms with van der Waals surface area (Å²) in [6.07, 6.45) is 3.76. The van der Waals surface area contributed by atoms with Crippen molar-refractivity contribution in [1.82, 2.24) is 0 Å². The monoisotopic (exact) mass is 231 g/mol. The van der Waals surface area contributed by atoms with Gasteiger partial charge in [0, 0.05) is 6.04 Å². The molecule has 0 aromatic heterocycles. The number of hydrogen-bond acceptors (Lipinski definition) is 1. The van der Waals surface area contributed by atoms with Crippen molar-refractivity contribution in [2.45, 2.75) is 52.0 Å². The van der Waals surface area contributed by atoms with Crippen LogP contribution in [0.2, 0.25) is 0 Å². The average molecular weight is 231 g/mol. The summed E-state index contributed by atoms with van der Waals surface area (Å²) in [4.78, 5) is 0. The van der Waals surface area contributed by atoms with Crippen LogP contribution in [0.4, 0.5) is 0 Å². The standard InChI is InChI=1S/C16H25N/c1-11(2)13-8-9-16(17)15(10-13)14-7-5-4-6-12(14)3/h4-7,11,13,15-16H,8-10,17H2,1-3H3. The highest BCUT2D eigenvalue weighted by Gasteiger charge is 2.31. The lowest BCUT2D eigenvalue weighted by Gasteiger charge is -2.37. The molecule has 1 fully saturated rings. The van der Waals surface area contributed by atoms with E-state index < -0.39 is 0 Å². The Morgan fingerprint density at radius 2 is 1.88 bits per heavy atom. The first-order chi connectivity index (χ1) is 8.09. The molecule has 0 bridgehead atoms. The number of nitrogens with two attached hydrogens (primary N) is 1. The third-order valence-corrected chi connectivity index (χ3v) is 4.48. The molecule has 1 heteroatoms. The molecule has 0 spiro atoms. The quantitative estimate of drug-likeness (QED) is 0.821. The van der Waals surface area contributed by atoms with Crippen molar-refractivity contribution in [3.8, 4) is 0 Å². The topological polar surface area (TPSA) is 26.0 Å². The smallest absolute Gasteiger partial charge is 0.0108 e. The lowest BCUT2D eigenvalue weighted by atomic mass is 9.71. The molecule has 0 radical (unpaired) electrons. The van der Waals surface area contributed by atoms with Crippen LogP contribution in [0.1, 0.15) is 50.2 Å². The molecule has 0 aliphatic heterocycles. The molecule has 0 amide bonds. The maximum Gasteiger partial charge on any atom is 0.0108 e. The van der Waals surface area contributed by atoms with Crippen LogP contribution in [0, 0.1) is 18.8 Å². The fourth-order valence-electron chi connectivity index (χ4n) is 3.19. The molecule has 1 aliphatic rings. The summed E-state index contributed by atoms with van der Waals surface area (Å²) >= 11 is 0. The molecule has 17 heavy (non-hydrogen) atoms. The maximum atomic E-state index is 6.34. The third kappa shape index (κ3) is 2.71. The molecule has 94 valence electrons. The summed E-state index contributed by atoms with van der Waals surface area (Å²) in [6.45, 7) is 6.90. The van der Waals surface area contributed by atoms with Crippen LogP contribution in [0.5, 0.6) is 0 Å². The Labute approximate surface area is 105 Å². The van der Waals surface area contributed by atoms with E-state index >= 15 is 0 Å². The van der Waals surface area contributed by atoms with E-state index in [1.807, 2.05) is 0 Å². The second-order valence-corrected chi connectivity index (χ2v) is 5.94. The van der Waals surface area contributed by atoms with E-state index in [0.29, 0.717) is 12.0 Å². The molecule has 1 aromatic rings. The summed E-state index contributed by atoms with van der Waals surface area (Å²) in [6, 6.07) is 9.09. The molecule has 1 aromatic carbocycles. The summed E-state index contributed by atoms with van der Waals surface area (Å²) in [5, 5.41) is 0. The van der Waals surface area contributed by atoms with Crippen molar-refractivity contribution >= 4 is 0 Å². The Morgan fingerprint density at radius 3 is 2.53 bits per heavy atom. The van der Waals surface area contributed by atoms with E-state index in [4.69, 9.17) is 5.73 Å². The lowest BCUT2D eigenvalue weighted by Crippen LogP contribution is -2.36. The van der Waals surface area contributed by atoms with Gasteiger partial charge in [-0.15, -0.1) is 0 Å². The van der Waals surface area contributed by atoms with E-state index in [2.05, 4.69) is 45.0 Å². The van der Waals surface area contributed by atoms with Gasteiger partial charge in [-0.3, -0.25) is 0 Å². The molecule has 1 nitrogen and oxygen atoms in total. The SMILES string of the molecule is Cc1ccccc1C1CC(C(C)C)CCC1N. The van der Waals surface area contributed by atoms with Crippen LogP contribution in [0.3, 0.4) is 0 Å². The van der Waals surface area contributed by atoms with Crippen molar-refractivity contribution in [3.05, 3.63) is 35.4 Å². The number of benzene rings is 1. The minimum atomic E-state index is 0.353. The molecular formula is C16H25N. The van der Waals surface area contributed by atoms with Gasteiger partial charge in [0.15, 0.2) is 0 Å². The van der Waals surface area contributed by atoms with E-state index in [0.717, 1.165) is 11.8 Å². The molecule has 1 saturated carbocycles. The number of hydrogen-bond donors (Lipinski definition) is 1. The minimum Gasteiger partial charge on any atom is -0.327 e. The molecule has 2 rings (SSSR count). The van der Waals surface area contributed by atoms with Crippen molar-refractivity contribution in [1.29, 1.82) is 0 Å². The summed E-state index contributed by atoms with van der Waals surface area (Å²) < 4.78 is 0. The summed E-state index contributed by atoms with van der Waals surface area (Å²) in [5.74, 6) is 2.20. The zero-order chi connectivity index (χ0) is 12.4. The van der Waals surface area contributed by atoms with E-state index in [1.54, 1.807) is 0 Å². The highest BCUT2D eigenvalue weighted by Crippen LogP contribution is 2.39. The molecule has 0 heterocycles. The van der Waals surface area contributed by atoms with E-state index in [-0.39, 0.29) is 0 Å². The van der Waals surface area contributed by atoms with Gasteiger partial charge >= 0.3 is 0 Å². The van der Waals surface area contributed by atoms with Crippen LogP contribution >= 0.6 is 0 Å². The first-order valence-corrected chi connectivity index (χ1v) is 6.90. The van der Waals surface area contributed by atoms with Gasteiger partial charge in [0.2, 0.25) is 0 Å². The Bertz CT molecular complexity index is 370. The molecule has 3 unspecified atom stereocenters. The molecule has 1 aliphatic carbocycles. The molecule has 3 atom stereocenters. The largest absolute Gasteiger partial charge is 0.327 e. The van der Waals surface area contributed by atoms with Crippen LogP contribution in [0.15, 0.2) is 24.3 Å². The average Bonchev–Trinajstić information content (AvgIpc) is 2.30. The van der Waals surface area contributed by atoms with Crippen molar-refractivity contribution in [2.75, 3.05) is 0 Å². The molecular weight excluding hydrogens is 206 g/mol. The minimum absolute atomic E-state index is 0.353. The Kier molecular flexibility index (Phi) is 3.88. The number of rotatable bonds is 2. The highest BCUT2D eigenvalue weighted by molar-refractivity contribution is 5.30. The van der Waals surface area contributed by atoms with Crippen LogP contribution in [-0.4, -0.2) is 6.04 Å². The Morgan fingerprint density at radius 1 is 1.18 bits per heavy atom. The van der Waals surface area contributed by atoms with Crippen molar-refractivity contribution in [3.63, 3.8) is 0 Å². The molecule has 0 saturated heterocycles. The predicted octanol–water partition coefficient (Wildman–Crippen LogP) is 3.86. The van der Waals surface area contributed by atoms with Crippen molar-refractivity contribution < 1.29 is 0 Å². The maximum absolute atomic E-state index is 6.34. The van der Waals surface area contributed by atoms with Gasteiger partial charge in [0.25, 0.3) is 0 Å². The van der Waals surface area contributed by atoms with Gasteiger partial charge in [0.05, 0.1) is 0 Å². The Hall–Kier alpha value is -0.820. The normalized spacial score (nSPS) is 29.6. The van der Waals surface area contributed by atoms with Gasteiger partial charge in [-0.05, 0) is 55.1 Å². The number of aryl methyl sites for hydroxylation is 1. The van der Waals surface area contributed by atoms with E-state index in [9.17, 15) is 0 Å². The highest BCUT2D eigenvalue weighted by atomic mass is 14.7. The van der Waals surface area contributed by atoms with Gasteiger partial charge in [-0.25, -0.2) is 0 Å². The summed E-state index contributed by atoms with van der Waals surface area (Å²) in [5.41, 5.74) is 9.22. The van der Waals surface area contributed by atoms with Gasteiger partial charge < -0.3 is 5.73 Å². The van der Waals surface area contributed by atoms with E-state index in [1.165, 1.54) is 30.4 Å². The summed E-state index contributed by atoms with van der Waals surface area (Å²) in [7, 11) is 0. The fraction of sp³-hybridized carbons (Fsp3) is 0.625.